The summed E-state index contributed by atoms with van der Waals surface area (Å²) in [6, 6.07) is 15.9. The Bertz CT molecular complexity index is 1180. The van der Waals surface area contributed by atoms with Crippen molar-refractivity contribution < 1.29 is 14.0 Å². The molecule has 0 bridgehead atoms. The third kappa shape index (κ3) is 5.61. The number of pyridine rings is 1. The van der Waals surface area contributed by atoms with Gasteiger partial charge in [0.25, 0.3) is 5.91 Å². The predicted molar refractivity (Wildman–Crippen MR) is 131 cm³/mol. The van der Waals surface area contributed by atoms with Gasteiger partial charge in [0.1, 0.15) is 11.6 Å². The topological polar surface area (TPSA) is 104 Å². The Labute approximate surface area is 197 Å². The van der Waals surface area contributed by atoms with Crippen molar-refractivity contribution in [2.24, 2.45) is 5.73 Å². The number of nitrogens with one attached hydrogen (secondary N) is 2. The second-order valence-corrected chi connectivity index (χ2v) is 8.13. The fraction of sp³-hybridized carbons (Fsp3) is 0.240. The molecule has 0 radical (unpaired) electrons. The van der Waals surface area contributed by atoms with Crippen molar-refractivity contribution in [3.8, 4) is 0 Å². The van der Waals surface area contributed by atoms with Crippen LogP contribution in [-0.4, -0.2) is 47.9 Å². The highest BCUT2D eigenvalue weighted by Crippen LogP contribution is 2.25. The molecule has 8 nitrogen and oxygen atoms in total. The average Bonchev–Trinajstić information content (AvgIpc) is 2.83. The molecule has 2 aromatic carbocycles. The largest absolute Gasteiger partial charge is 0.380 e. The number of hydrogen-bond donors (Lipinski definition) is 3. The minimum absolute atomic E-state index is 0.110. The van der Waals surface area contributed by atoms with E-state index < -0.39 is 5.91 Å². The summed E-state index contributed by atoms with van der Waals surface area (Å²) in [6.07, 6.45) is 1.42. The molecule has 1 saturated heterocycles. The first-order valence-electron chi connectivity index (χ1n) is 11.0. The van der Waals surface area contributed by atoms with Gasteiger partial charge in [-0.3, -0.25) is 9.59 Å². The number of piperazine rings is 1. The summed E-state index contributed by atoms with van der Waals surface area (Å²) in [5.41, 5.74) is 8.92. The van der Waals surface area contributed by atoms with E-state index in [1.807, 2.05) is 29.2 Å². The van der Waals surface area contributed by atoms with Gasteiger partial charge in [0.15, 0.2) is 0 Å². The van der Waals surface area contributed by atoms with Crippen molar-refractivity contribution >= 4 is 34.7 Å². The van der Waals surface area contributed by atoms with Crippen LogP contribution < -0.4 is 21.3 Å². The van der Waals surface area contributed by atoms with E-state index in [9.17, 15) is 14.0 Å². The number of halogens is 1. The number of aromatic nitrogens is 1. The minimum atomic E-state index is -0.602. The standard InChI is InChI=1S/C25H27FN6O2/c1-17(33)31-9-11-32(12-10-31)21-7-5-20(6-8-21)30-24-14-23(22(16-29-24)25(27)34)28-15-18-3-2-4-19(26)13-18/h2-8,13-14,16H,9-12,15H2,1H3,(H2,27,34)(H2,28,29,30). The number of nitrogens with zero attached hydrogens (tertiary/aromatic N) is 3. The summed E-state index contributed by atoms with van der Waals surface area (Å²) in [7, 11) is 0. The molecule has 1 fully saturated rings. The van der Waals surface area contributed by atoms with Crippen LogP contribution in [0.4, 0.5) is 27.3 Å². The van der Waals surface area contributed by atoms with Gasteiger partial charge in [-0.15, -0.1) is 0 Å². The number of anilines is 4. The Morgan fingerprint density at radius 3 is 2.44 bits per heavy atom. The van der Waals surface area contributed by atoms with Crippen LogP contribution in [0, 0.1) is 5.82 Å². The Balaban J connectivity index is 1.43. The second-order valence-electron chi connectivity index (χ2n) is 8.13. The fourth-order valence-electron chi connectivity index (χ4n) is 3.89. The van der Waals surface area contributed by atoms with Crippen LogP contribution in [0.2, 0.25) is 0 Å². The van der Waals surface area contributed by atoms with E-state index in [2.05, 4.69) is 20.5 Å². The van der Waals surface area contributed by atoms with E-state index in [1.54, 1.807) is 25.1 Å². The molecule has 0 saturated carbocycles. The number of benzene rings is 2. The van der Waals surface area contributed by atoms with Crippen LogP contribution in [0.15, 0.2) is 60.8 Å². The van der Waals surface area contributed by atoms with Gasteiger partial charge in [-0.1, -0.05) is 12.1 Å². The van der Waals surface area contributed by atoms with Crippen LogP contribution in [0.1, 0.15) is 22.8 Å². The number of nitrogens with two attached hydrogens (primary N) is 1. The molecule has 1 aromatic heterocycles. The highest BCUT2D eigenvalue weighted by molar-refractivity contribution is 5.98. The van der Waals surface area contributed by atoms with E-state index >= 15 is 0 Å². The Morgan fingerprint density at radius 1 is 1.06 bits per heavy atom. The van der Waals surface area contributed by atoms with E-state index in [-0.39, 0.29) is 17.3 Å². The maximum atomic E-state index is 13.5. The number of amides is 2. The lowest BCUT2D eigenvalue weighted by atomic mass is 10.2. The number of carbonyl (C=O) groups is 2. The van der Waals surface area contributed by atoms with E-state index in [4.69, 9.17) is 5.73 Å². The molecule has 2 amide bonds. The Morgan fingerprint density at radius 2 is 1.79 bits per heavy atom. The molecule has 0 spiro atoms. The minimum Gasteiger partial charge on any atom is -0.380 e. The zero-order valence-electron chi connectivity index (χ0n) is 18.9. The predicted octanol–water partition coefficient (Wildman–Crippen LogP) is 3.34. The first-order chi connectivity index (χ1) is 16.4. The molecule has 1 aliphatic heterocycles. The molecule has 1 aliphatic rings. The molecular weight excluding hydrogens is 435 g/mol. The van der Waals surface area contributed by atoms with Crippen LogP contribution in [0.3, 0.4) is 0 Å². The lowest BCUT2D eigenvalue weighted by Crippen LogP contribution is -2.48. The molecule has 176 valence electrons. The van der Waals surface area contributed by atoms with E-state index in [1.165, 1.54) is 18.3 Å². The fourth-order valence-corrected chi connectivity index (χ4v) is 3.89. The third-order valence-corrected chi connectivity index (χ3v) is 5.77. The van der Waals surface area contributed by atoms with Gasteiger partial charge in [0.05, 0.1) is 11.3 Å². The number of primary amides is 1. The molecule has 34 heavy (non-hydrogen) atoms. The summed E-state index contributed by atoms with van der Waals surface area (Å²) in [4.78, 5) is 31.8. The summed E-state index contributed by atoms with van der Waals surface area (Å²) < 4.78 is 13.5. The van der Waals surface area contributed by atoms with Gasteiger partial charge in [0, 0.05) is 63.3 Å². The van der Waals surface area contributed by atoms with Crippen molar-refractivity contribution in [1.82, 2.24) is 9.88 Å². The van der Waals surface area contributed by atoms with E-state index in [0.29, 0.717) is 18.1 Å². The van der Waals surface area contributed by atoms with Crippen molar-refractivity contribution in [3.63, 3.8) is 0 Å². The number of hydrogen-bond acceptors (Lipinski definition) is 6. The first kappa shape index (κ1) is 23.0. The summed E-state index contributed by atoms with van der Waals surface area (Å²) in [5, 5.41) is 6.38. The monoisotopic (exact) mass is 462 g/mol. The smallest absolute Gasteiger partial charge is 0.252 e. The molecule has 0 aliphatic carbocycles. The Hall–Kier alpha value is -4.14. The van der Waals surface area contributed by atoms with Crippen LogP contribution in [0.5, 0.6) is 0 Å². The lowest BCUT2D eigenvalue weighted by Gasteiger charge is -2.35. The van der Waals surface area contributed by atoms with Crippen molar-refractivity contribution in [1.29, 1.82) is 0 Å². The van der Waals surface area contributed by atoms with Crippen LogP contribution in [-0.2, 0) is 11.3 Å². The van der Waals surface area contributed by atoms with Gasteiger partial charge in [-0.25, -0.2) is 9.37 Å². The third-order valence-electron chi connectivity index (χ3n) is 5.77. The lowest BCUT2D eigenvalue weighted by molar-refractivity contribution is -0.129. The van der Waals surface area contributed by atoms with Gasteiger partial charge >= 0.3 is 0 Å². The van der Waals surface area contributed by atoms with Crippen molar-refractivity contribution in [2.45, 2.75) is 13.5 Å². The highest BCUT2D eigenvalue weighted by atomic mass is 19.1. The average molecular weight is 463 g/mol. The SMILES string of the molecule is CC(=O)N1CCN(c2ccc(Nc3cc(NCc4cccc(F)c4)c(C(N)=O)cn3)cc2)CC1. The zero-order valence-corrected chi connectivity index (χ0v) is 18.9. The quantitative estimate of drug-likeness (QED) is 0.498. The normalized spacial score (nSPS) is 13.5. The van der Waals surface area contributed by atoms with Crippen LogP contribution in [0.25, 0.3) is 0 Å². The number of carbonyl (C=O) groups excluding carboxylic acids is 2. The summed E-state index contributed by atoms with van der Waals surface area (Å²) >= 11 is 0. The maximum Gasteiger partial charge on any atom is 0.252 e. The van der Waals surface area contributed by atoms with Gasteiger partial charge < -0.3 is 26.2 Å². The van der Waals surface area contributed by atoms with Gasteiger partial charge in [0.2, 0.25) is 5.91 Å². The molecule has 4 N–H and O–H groups in total. The van der Waals surface area contributed by atoms with Gasteiger partial charge in [-0.2, -0.15) is 0 Å². The highest BCUT2D eigenvalue weighted by Gasteiger charge is 2.18. The molecule has 4 rings (SSSR count). The molecule has 0 atom stereocenters. The maximum absolute atomic E-state index is 13.5. The second kappa shape index (κ2) is 10.2. The van der Waals surface area contributed by atoms with Crippen LogP contribution >= 0.6 is 0 Å². The number of rotatable bonds is 7. The molecule has 3 aromatic rings. The molecule has 0 unspecified atom stereocenters. The first-order valence-corrected chi connectivity index (χ1v) is 11.0. The van der Waals surface area contributed by atoms with Gasteiger partial charge in [-0.05, 0) is 42.0 Å². The zero-order chi connectivity index (χ0) is 24.1. The molecule has 9 heteroatoms. The van der Waals surface area contributed by atoms with Crippen molar-refractivity contribution in [2.75, 3.05) is 41.7 Å². The molecular formula is C25H27FN6O2. The summed E-state index contributed by atoms with van der Waals surface area (Å²) in [6.45, 7) is 4.95. The van der Waals surface area contributed by atoms with Crippen molar-refractivity contribution in [3.05, 3.63) is 77.7 Å². The Kier molecular flexibility index (Phi) is 6.91. The molecule has 2 heterocycles. The van der Waals surface area contributed by atoms with E-state index in [0.717, 1.165) is 43.1 Å². The summed E-state index contributed by atoms with van der Waals surface area (Å²) in [5.74, 6) is -0.279.